The van der Waals surface area contributed by atoms with Gasteiger partial charge in [-0.1, -0.05) is 30.7 Å². The van der Waals surface area contributed by atoms with Gasteiger partial charge < -0.3 is 5.32 Å². The molecule has 0 saturated heterocycles. The molecule has 1 aromatic carbocycles. The second-order valence-corrected chi connectivity index (χ2v) is 5.60. The van der Waals surface area contributed by atoms with Gasteiger partial charge in [0.2, 0.25) is 0 Å². The lowest BCUT2D eigenvalue weighted by Gasteiger charge is -2.24. The molecule has 1 aromatic rings. The summed E-state index contributed by atoms with van der Waals surface area (Å²) in [5.41, 5.74) is 4.23. The zero-order valence-corrected chi connectivity index (χ0v) is 11.6. The SMILES string of the molecule is CCC(NC(C)c1cc(C)ccc1C)C1CC1. The number of nitrogens with one attached hydrogen (secondary N) is 1. The second-order valence-electron chi connectivity index (χ2n) is 5.60. The van der Waals surface area contributed by atoms with Crippen LogP contribution < -0.4 is 5.32 Å². The van der Waals surface area contributed by atoms with Crippen molar-refractivity contribution in [3.8, 4) is 0 Å². The van der Waals surface area contributed by atoms with Crippen LogP contribution in [0, 0.1) is 19.8 Å². The molecule has 2 unspecified atom stereocenters. The van der Waals surface area contributed by atoms with Crippen LogP contribution in [0.1, 0.15) is 55.8 Å². The Morgan fingerprint density at radius 2 is 2.00 bits per heavy atom. The average Bonchev–Trinajstić information content (AvgIpc) is 3.13. The number of hydrogen-bond donors (Lipinski definition) is 1. The smallest absolute Gasteiger partial charge is 0.0297 e. The fourth-order valence-electron chi connectivity index (χ4n) is 2.72. The van der Waals surface area contributed by atoms with Crippen LogP contribution in [-0.2, 0) is 0 Å². The standard InChI is InChI=1S/C16H25N/c1-5-16(14-8-9-14)17-13(4)15-10-11(2)6-7-12(15)3/h6-7,10,13-14,16-17H,5,8-9H2,1-4H3. The van der Waals surface area contributed by atoms with E-state index in [9.17, 15) is 0 Å². The highest BCUT2D eigenvalue weighted by Crippen LogP contribution is 2.35. The van der Waals surface area contributed by atoms with Crippen molar-refractivity contribution in [2.45, 2.75) is 59.0 Å². The maximum Gasteiger partial charge on any atom is 0.0297 e. The van der Waals surface area contributed by atoms with Crippen LogP contribution in [-0.4, -0.2) is 6.04 Å². The van der Waals surface area contributed by atoms with E-state index in [4.69, 9.17) is 0 Å². The van der Waals surface area contributed by atoms with Crippen LogP contribution in [0.15, 0.2) is 18.2 Å². The quantitative estimate of drug-likeness (QED) is 0.803. The highest BCUT2D eigenvalue weighted by molar-refractivity contribution is 5.32. The lowest BCUT2D eigenvalue weighted by atomic mass is 9.98. The maximum absolute atomic E-state index is 3.81. The molecule has 1 heteroatoms. The van der Waals surface area contributed by atoms with Crippen LogP contribution >= 0.6 is 0 Å². The first-order valence-corrected chi connectivity index (χ1v) is 6.95. The van der Waals surface area contributed by atoms with E-state index in [1.807, 2.05) is 0 Å². The van der Waals surface area contributed by atoms with Crippen molar-refractivity contribution in [3.63, 3.8) is 0 Å². The molecule has 2 rings (SSSR count). The Kier molecular flexibility index (Phi) is 3.88. The maximum atomic E-state index is 3.81. The number of aryl methyl sites for hydroxylation is 2. The normalized spacial score (nSPS) is 19.1. The molecule has 0 aromatic heterocycles. The topological polar surface area (TPSA) is 12.0 Å². The van der Waals surface area contributed by atoms with Gasteiger partial charge in [0.15, 0.2) is 0 Å². The Labute approximate surface area is 106 Å². The Morgan fingerprint density at radius 1 is 1.29 bits per heavy atom. The molecule has 1 aliphatic carbocycles. The largest absolute Gasteiger partial charge is 0.307 e. The fraction of sp³-hybridized carbons (Fsp3) is 0.625. The van der Waals surface area contributed by atoms with Crippen molar-refractivity contribution >= 4 is 0 Å². The summed E-state index contributed by atoms with van der Waals surface area (Å²) in [6.45, 7) is 8.98. The van der Waals surface area contributed by atoms with Gasteiger partial charge in [0.1, 0.15) is 0 Å². The van der Waals surface area contributed by atoms with Crippen molar-refractivity contribution < 1.29 is 0 Å². The first kappa shape index (κ1) is 12.6. The van der Waals surface area contributed by atoms with Gasteiger partial charge in [-0.15, -0.1) is 0 Å². The molecule has 1 fully saturated rings. The van der Waals surface area contributed by atoms with Gasteiger partial charge in [-0.2, -0.15) is 0 Å². The lowest BCUT2D eigenvalue weighted by Crippen LogP contribution is -2.33. The van der Waals surface area contributed by atoms with Crippen molar-refractivity contribution in [1.29, 1.82) is 0 Å². The molecular weight excluding hydrogens is 206 g/mol. The van der Waals surface area contributed by atoms with E-state index in [2.05, 4.69) is 51.2 Å². The summed E-state index contributed by atoms with van der Waals surface area (Å²) in [7, 11) is 0. The number of benzene rings is 1. The van der Waals surface area contributed by atoms with E-state index in [0.29, 0.717) is 12.1 Å². The van der Waals surface area contributed by atoms with Gasteiger partial charge in [-0.25, -0.2) is 0 Å². The highest BCUT2D eigenvalue weighted by Gasteiger charge is 2.30. The Bertz CT molecular complexity index is 379. The van der Waals surface area contributed by atoms with Gasteiger partial charge in [-0.05, 0) is 57.1 Å². The van der Waals surface area contributed by atoms with E-state index >= 15 is 0 Å². The summed E-state index contributed by atoms with van der Waals surface area (Å²) in [6.07, 6.45) is 4.09. The van der Waals surface area contributed by atoms with Crippen LogP contribution in [0.2, 0.25) is 0 Å². The van der Waals surface area contributed by atoms with Crippen LogP contribution in [0.5, 0.6) is 0 Å². The molecule has 17 heavy (non-hydrogen) atoms. The Balaban J connectivity index is 2.07. The zero-order valence-electron chi connectivity index (χ0n) is 11.6. The molecule has 1 aliphatic rings. The molecule has 1 N–H and O–H groups in total. The van der Waals surface area contributed by atoms with Crippen molar-refractivity contribution in [2.24, 2.45) is 5.92 Å². The molecule has 0 heterocycles. The summed E-state index contributed by atoms with van der Waals surface area (Å²) in [5.74, 6) is 0.938. The predicted octanol–water partition coefficient (Wildman–Crippen LogP) is 4.14. The van der Waals surface area contributed by atoms with Crippen molar-refractivity contribution in [3.05, 3.63) is 34.9 Å². The molecule has 0 spiro atoms. The third-order valence-corrected chi connectivity index (χ3v) is 4.00. The third-order valence-electron chi connectivity index (χ3n) is 4.00. The minimum absolute atomic E-state index is 0.473. The molecule has 1 nitrogen and oxygen atoms in total. The molecule has 2 atom stereocenters. The van der Waals surface area contributed by atoms with Crippen LogP contribution in [0.4, 0.5) is 0 Å². The highest BCUT2D eigenvalue weighted by atomic mass is 15.0. The van der Waals surface area contributed by atoms with Crippen LogP contribution in [0.3, 0.4) is 0 Å². The summed E-state index contributed by atoms with van der Waals surface area (Å²) in [5, 5.41) is 3.81. The minimum Gasteiger partial charge on any atom is -0.307 e. The predicted molar refractivity (Wildman–Crippen MR) is 74.3 cm³/mol. The first-order chi connectivity index (χ1) is 8.11. The Hall–Kier alpha value is -0.820. The molecule has 94 valence electrons. The van der Waals surface area contributed by atoms with Crippen LogP contribution in [0.25, 0.3) is 0 Å². The summed E-state index contributed by atoms with van der Waals surface area (Å²) >= 11 is 0. The molecule has 0 amide bonds. The third kappa shape index (κ3) is 3.10. The van der Waals surface area contributed by atoms with Gasteiger partial charge in [0.05, 0.1) is 0 Å². The first-order valence-electron chi connectivity index (χ1n) is 6.95. The molecular formula is C16H25N. The Morgan fingerprint density at radius 3 is 2.59 bits per heavy atom. The average molecular weight is 231 g/mol. The number of rotatable bonds is 5. The lowest BCUT2D eigenvalue weighted by molar-refractivity contribution is 0.404. The van der Waals surface area contributed by atoms with E-state index in [-0.39, 0.29) is 0 Å². The van der Waals surface area contributed by atoms with E-state index in [0.717, 1.165) is 5.92 Å². The van der Waals surface area contributed by atoms with Gasteiger partial charge in [-0.3, -0.25) is 0 Å². The van der Waals surface area contributed by atoms with Crippen molar-refractivity contribution in [2.75, 3.05) is 0 Å². The molecule has 1 saturated carbocycles. The van der Waals surface area contributed by atoms with E-state index in [1.165, 1.54) is 36.0 Å². The van der Waals surface area contributed by atoms with E-state index < -0.39 is 0 Å². The zero-order chi connectivity index (χ0) is 12.4. The molecule has 0 radical (unpaired) electrons. The van der Waals surface area contributed by atoms with Gasteiger partial charge >= 0.3 is 0 Å². The monoisotopic (exact) mass is 231 g/mol. The minimum atomic E-state index is 0.473. The van der Waals surface area contributed by atoms with E-state index in [1.54, 1.807) is 0 Å². The second kappa shape index (κ2) is 5.22. The summed E-state index contributed by atoms with van der Waals surface area (Å²) < 4.78 is 0. The summed E-state index contributed by atoms with van der Waals surface area (Å²) in [6, 6.07) is 7.95. The molecule has 0 aliphatic heterocycles. The summed E-state index contributed by atoms with van der Waals surface area (Å²) in [4.78, 5) is 0. The number of hydrogen-bond acceptors (Lipinski definition) is 1. The van der Waals surface area contributed by atoms with Gasteiger partial charge in [0, 0.05) is 12.1 Å². The van der Waals surface area contributed by atoms with Crippen molar-refractivity contribution in [1.82, 2.24) is 5.32 Å². The van der Waals surface area contributed by atoms with Gasteiger partial charge in [0.25, 0.3) is 0 Å². The fourth-order valence-corrected chi connectivity index (χ4v) is 2.72. The molecule has 0 bridgehead atoms.